The van der Waals surface area contributed by atoms with Gasteiger partial charge in [-0.15, -0.1) is 11.6 Å². The molecule has 12 nitrogen and oxygen atoms in total. The summed E-state index contributed by atoms with van der Waals surface area (Å²) < 4.78 is 68.6. The van der Waals surface area contributed by atoms with Crippen LogP contribution in [0, 0.1) is 0 Å². The summed E-state index contributed by atoms with van der Waals surface area (Å²) in [4.78, 5) is 0. The molecule has 2 aliphatic heterocycles. The fraction of sp³-hybridized carbons (Fsp3) is 1.00. The first-order valence-corrected chi connectivity index (χ1v) is 9.73. The lowest BCUT2D eigenvalue weighted by Gasteiger charge is -2.40. The second-order valence-corrected chi connectivity index (χ2v) is 8.17. The Balaban J connectivity index is 0.000000505. The number of hydrogen-bond acceptors (Lipinski definition) is 9. The predicted molar refractivity (Wildman–Crippen MR) is 79.2 cm³/mol. The molecule has 2 aliphatic rings. The van der Waals surface area contributed by atoms with Gasteiger partial charge in [-0.1, -0.05) is 0 Å². The fourth-order valence-corrected chi connectivity index (χ4v) is 3.11. The van der Waals surface area contributed by atoms with Gasteiger partial charge in [-0.2, -0.15) is 16.8 Å². The van der Waals surface area contributed by atoms with Crippen LogP contribution in [0.15, 0.2) is 0 Å². The van der Waals surface area contributed by atoms with Gasteiger partial charge in [0.15, 0.2) is 5.79 Å². The molecular formula is C9H19ClN2O10S2. The SMILES string of the molecule is CC1(C)O[C@H]2[C@H](OS(N)(=O)=O)[C@@H](Cl)CO[C@@]2(CO)O1.NS(=O)(=O)O. The molecule has 0 aliphatic carbocycles. The Hall–Kier alpha value is -0.130. The lowest BCUT2D eigenvalue weighted by atomic mass is 9.99. The Morgan fingerprint density at radius 1 is 1.29 bits per heavy atom. The highest BCUT2D eigenvalue weighted by atomic mass is 35.5. The van der Waals surface area contributed by atoms with Crippen molar-refractivity contribution in [2.45, 2.75) is 43.0 Å². The Labute approximate surface area is 144 Å². The van der Waals surface area contributed by atoms with Gasteiger partial charge < -0.3 is 19.3 Å². The number of aliphatic hydroxyl groups excluding tert-OH is 1. The third-order valence-electron chi connectivity index (χ3n) is 2.87. The van der Waals surface area contributed by atoms with Gasteiger partial charge in [0, 0.05) is 0 Å². The molecule has 0 aromatic heterocycles. The molecule has 0 spiro atoms. The Morgan fingerprint density at radius 2 is 1.79 bits per heavy atom. The van der Waals surface area contributed by atoms with Gasteiger partial charge in [0.2, 0.25) is 5.79 Å². The van der Waals surface area contributed by atoms with E-state index >= 15 is 0 Å². The van der Waals surface area contributed by atoms with Crippen molar-refractivity contribution in [1.29, 1.82) is 0 Å². The molecule has 144 valence electrons. The van der Waals surface area contributed by atoms with Crippen molar-refractivity contribution in [3.8, 4) is 0 Å². The zero-order chi connectivity index (χ0) is 19.0. The monoisotopic (exact) mass is 414 g/mol. The molecule has 0 bridgehead atoms. The average molecular weight is 415 g/mol. The lowest BCUT2D eigenvalue weighted by molar-refractivity contribution is -0.285. The molecule has 24 heavy (non-hydrogen) atoms. The van der Waals surface area contributed by atoms with Crippen LogP contribution in [0.3, 0.4) is 0 Å². The summed E-state index contributed by atoms with van der Waals surface area (Å²) in [6.07, 6.45) is -2.12. The van der Waals surface area contributed by atoms with Gasteiger partial charge in [0.25, 0.3) is 0 Å². The highest BCUT2D eigenvalue weighted by Gasteiger charge is 2.62. The standard InChI is InChI=1S/C9H16ClNO7S.H3NO3S/c1-8(2)16-7-6(17-19(11,13)14)5(10)3-15-9(7,4-12)18-8;1-5(2,3)4/h5-7,12H,3-4H2,1-2H3,(H2,11,13,14);(H3,1,2,3,4)/t5-,6+,7-,9-;/m0./s1. The summed E-state index contributed by atoms with van der Waals surface area (Å²) in [6.45, 7) is 2.60. The zero-order valence-corrected chi connectivity index (χ0v) is 15.0. The summed E-state index contributed by atoms with van der Waals surface area (Å²) in [6, 6.07) is 0. The van der Waals surface area contributed by atoms with E-state index in [0.717, 1.165) is 0 Å². The van der Waals surface area contributed by atoms with Crippen molar-refractivity contribution in [1.82, 2.24) is 0 Å². The van der Waals surface area contributed by atoms with E-state index in [0.29, 0.717) is 0 Å². The minimum atomic E-state index is -4.22. The van der Waals surface area contributed by atoms with E-state index < -0.39 is 56.4 Å². The summed E-state index contributed by atoms with van der Waals surface area (Å²) >= 11 is 5.98. The molecule has 0 aromatic rings. The molecule has 15 heteroatoms. The average Bonchev–Trinajstić information content (AvgIpc) is 2.62. The Morgan fingerprint density at radius 3 is 2.21 bits per heavy atom. The van der Waals surface area contributed by atoms with Crippen molar-refractivity contribution in [3.05, 3.63) is 0 Å². The molecule has 0 radical (unpaired) electrons. The normalized spacial score (nSPS) is 35.7. The summed E-state index contributed by atoms with van der Waals surface area (Å²) in [7, 11) is -8.39. The van der Waals surface area contributed by atoms with Crippen LogP contribution >= 0.6 is 11.6 Å². The van der Waals surface area contributed by atoms with Crippen molar-refractivity contribution in [3.63, 3.8) is 0 Å². The minimum Gasteiger partial charge on any atom is -0.391 e. The maximum absolute atomic E-state index is 11.1. The van der Waals surface area contributed by atoms with Gasteiger partial charge >= 0.3 is 20.6 Å². The van der Waals surface area contributed by atoms with Gasteiger partial charge in [-0.3, -0.25) is 8.74 Å². The number of hydrogen-bond donors (Lipinski definition) is 4. The summed E-state index contributed by atoms with van der Waals surface area (Å²) in [5.74, 6) is -2.58. The Bertz CT molecular complexity index is 645. The molecule has 4 atom stereocenters. The summed E-state index contributed by atoms with van der Waals surface area (Å²) in [5.41, 5.74) is 0. The number of alkyl halides is 1. The first-order valence-electron chi connectivity index (χ1n) is 6.32. The van der Waals surface area contributed by atoms with E-state index in [2.05, 4.69) is 5.14 Å². The number of ether oxygens (including phenoxy) is 3. The smallest absolute Gasteiger partial charge is 0.333 e. The highest BCUT2D eigenvalue weighted by Crippen LogP contribution is 2.44. The number of halogens is 1. The van der Waals surface area contributed by atoms with Crippen LogP contribution in [0.2, 0.25) is 0 Å². The van der Waals surface area contributed by atoms with Crippen molar-refractivity contribution in [2.24, 2.45) is 10.3 Å². The van der Waals surface area contributed by atoms with Gasteiger partial charge in [-0.05, 0) is 13.8 Å². The summed E-state index contributed by atoms with van der Waals surface area (Å²) in [5, 5.41) is 17.4. The first-order chi connectivity index (χ1) is 10.6. The van der Waals surface area contributed by atoms with E-state index in [9.17, 15) is 13.5 Å². The van der Waals surface area contributed by atoms with Crippen molar-refractivity contribution < 1.29 is 44.9 Å². The topological polar surface area (TPSA) is 198 Å². The van der Waals surface area contributed by atoms with Gasteiger partial charge in [0.05, 0.1) is 12.0 Å². The van der Waals surface area contributed by atoms with Crippen LogP contribution in [0.5, 0.6) is 0 Å². The van der Waals surface area contributed by atoms with Crippen LogP contribution in [-0.4, -0.2) is 68.9 Å². The molecule has 2 fully saturated rings. The Kier molecular flexibility index (Phi) is 6.61. The van der Waals surface area contributed by atoms with E-state index in [-0.39, 0.29) is 6.61 Å². The minimum absolute atomic E-state index is 0.0712. The maximum Gasteiger partial charge on any atom is 0.333 e. The van der Waals surface area contributed by atoms with Crippen LogP contribution < -0.4 is 10.3 Å². The number of rotatable bonds is 3. The van der Waals surface area contributed by atoms with Crippen LogP contribution in [0.4, 0.5) is 0 Å². The lowest BCUT2D eigenvalue weighted by Crippen LogP contribution is -2.61. The van der Waals surface area contributed by atoms with Crippen LogP contribution in [-0.2, 0) is 39.0 Å². The molecule has 0 aromatic carbocycles. The molecule has 0 amide bonds. The third-order valence-corrected chi connectivity index (χ3v) is 3.73. The van der Waals surface area contributed by atoms with E-state index in [4.69, 9.17) is 48.1 Å². The molecule has 2 saturated heterocycles. The van der Waals surface area contributed by atoms with E-state index in [1.165, 1.54) is 0 Å². The largest absolute Gasteiger partial charge is 0.391 e. The number of nitrogens with two attached hydrogens (primary N) is 2. The van der Waals surface area contributed by atoms with Crippen molar-refractivity contribution in [2.75, 3.05) is 13.2 Å². The van der Waals surface area contributed by atoms with E-state index in [1.807, 2.05) is 0 Å². The molecule has 2 rings (SSSR count). The maximum atomic E-state index is 11.1. The molecule has 0 saturated carbocycles. The molecule has 0 unspecified atom stereocenters. The zero-order valence-electron chi connectivity index (χ0n) is 12.7. The second kappa shape index (κ2) is 7.24. The van der Waals surface area contributed by atoms with Crippen LogP contribution in [0.1, 0.15) is 13.8 Å². The molecule has 6 N–H and O–H groups in total. The quantitative estimate of drug-likeness (QED) is 0.290. The molecule has 2 heterocycles. The number of fused-ring (bicyclic) bond motifs is 1. The van der Waals surface area contributed by atoms with Crippen molar-refractivity contribution >= 4 is 32.2 Å². The second-order valence-electron chi connectivity index (χ2n) is 5.41. The highest BCUT2D eigenvalue weighted by molar-refractivity contribution is 7.84. The molecular weight excluding hydrogens is 396 g/mol. The fourth-order valence-electron chi connectivity index (χ4n) is 2.26. The predicted octanol–water partition coefficient (Wildman–Crippen LogP) is -2.20. The van der Waals surface area contributed by atoms with Gasteiger partial charge in [-0.25, -0.2) is 10.3 Å². The number of aliphatic hydroxyl groups is 1. The first kappa shape index (κ1) is 21.9. The van der Waals surface area contributed by atoms with Gasteiger partial charge in [0.1, 0.15) is 18.8 Å². The van der Waals surface area contributed by atoms with E-state index in [1.54, 1.807) is 13.8 Å². The van der Waals surface area contributed by atoms with Crippen LogP contribution in [0.25, 0.3) is 0 Å². The third kappa shape index (κ3) is 6.30.